The van der Waals surface area contributed by atoms with Crippen LogP contribution >= 0.6 is 11.3 Å². The van der Waals surface area contributed by atoms with Gasteiger partial charge in [0.15, 0.2) is 0 Å². The molecule has 1 rings (SSSR count). The number of aromatic nitrogens is 2. The van der Waals surface area contributed by atoms with Crippen LogP contribution in [0.2, 0.25) is 0 Å². The normalized spacial score (nSPS) is 12.5. The fourth-order valence-corrected chi connectivity index (χ4v) is 1.88. The van der Waals surface area contributed by atoms with Crippen LogP contribution < -0.4 is 11.3 Å². The maximum absolute atomic E-state index is 12.3. The molecule has 0 fully saturated rings. The molecule has 1 heterocycles. The average molecular weight is 269 g/mol. The lowest BCUT2D eigenvalue weighted by atomic mass is 10.3. The van der Waals surface area contributed by atoms with Crippen molar-refractivity contribution in [3.05, 3.63) is 5.01 Å². The smallest absolute Gasteiger partial charge is 0.298 e. The van der Waals surface area contributed by atoms with Gasteiger partial charge in [-0.25, -0.2) is 5.84 Å². The van der Waals surface area contributed by atoms with Gasteiger partial charge < -0.3 is 0 Å². The van der Waals surface area contributed by atoms with Crippen molar-refractivity contribution in [3.8, 4) is 0 Å². The quantitative estimate of drug-likeness (QED) is 0.627. The van der Waals surface area contributed by atoms with E-state index in [9.17, 15) is 13.2 Å². The summed E-state index contributed by atoms with van der Waals surface area (Å²) in [5.74, 6) is 5.12. The highest BCUT2D eigenvalue weighted by Gasteiger charge is 2.32. The molecule has 1 aromatic rings. The van der Waals surface area contributed by atoms with Gasteiger partial charge in [0.1, 0.15) is 5.01 Å². The van der Waals surface area contributed by atoms with Crippen LogP contribution in [0.3, 0.4) is 0 Å². The van der Waals surface area contributed by atoms with E-state index in [0.717, 1.165) is 11.3 Å². The van der Waals surface area contributed by atoms with Gasteiger partial charge in [0.2, 0.25) is 5.13 Å². The lowest BCUT2D eigenvalue weighted by Gasteiger charge is -2.26. The first-order valence-electron chi connectivity index (χ1n) is 4.91. The van der Waals surface area contributed by atoms with Gasteiger partial charge in [0, 0.05) is 6.04 Å². The van der Waals surface area contributed by atoms with E-state index in [2.05, 4.69) is 15.6 Å². The molecule has 98 valence electrons. The molecule has 0 spiro atoms. The third-order valence-corrected chi connectivity index (χ3v) is 2.88. The van der Waals surface area contributed by atoms with Crippen molar-refractivity contribution >= 4 is 16.5 Å². The Bertz CT molecular complexity index is 351. The SMILES string of the molecule is CC(C)N(Cc1nnc(NN)s1)CC(F)(F)F. The van der Waals surface area contributed by atoms with Crippen LogP contribution in [0.4, 0.5) is 18.3 Å². The van der Waals surface area contributed by atoms with Crippen LogP contribution in [0.15, 0.2) is 0 Å². The number of hydrogen-bond donors (Lipinski definition) is 2. The standard InChI is InChI=1S/C8H14F3N5S/c1-5(2)16(4-8(9,10)11)3-6-14-15-7(13-12)17-6/h5H,3-4,12H2,1-2H3,(H,13,15). The fourth-order valence-electron chi connectivity index (χ4n) is 1.20. The van der Waals surface area contributed by atoms with Crippen LogP contribution in [0.1, 0.15) is 18.9 Å². The summed E-state index contributed by atoms with van der Waals surface area (Å²) in [7, 11) is 0. The topological polar surface area (TPSA) is 67.1 Å². The Labute approximate surface area is 101 Å². The van der Waals surface area contributed by atoms with Gasteiger partial charge in [0.05, 0.1) is 13.1 Å². The molecule has 0 saturated carbocycles. The maximum Gasteiger partial charge on any atom is 0.401 e. The summed E-state index contributed by atoms with van der Waals surface area (Å²) in [6, 6.07) is -0.227. The van der Waals surface area contributed by atoms with E-state index in [1.807, 2.05) is 0 Å². The molecule has 9 heteroatoms. The Kier molecular flexibility index (Phi) is 4.66. The maximum atomic E-state index is 12.3. The zero-order chi connectivity index (χ0) is 13.1. The van der Waals surface area contributed by atoms with Crippen molar-refractivity contribution in [1.29, 1.82) is 0 Å². The number of nitrogens with zero attached hydrogens (tertiary/aromatic N) is 3. The van der Waals surface area contributed by atoms with Gasteiger partial charge in [-0.05, 0) is 13.8 Å². The number of rotatable bonds is 5. The Morgan fingerprint density at radius 1 is 1.41 bits per heavy atom. The summed E-state index contributed by atoms with van der Waals surface area (Å²) < 4.78 is 37.0. The summed E-state index contributed by atoms with van der Waals surface area (Å²) in [6.07, 6.45) is -4.22. The first-order valence-corrected chi connectivity index (χ1v) is 5.73. The van der Waals surface area contributed by atoms with Gasteiger partial charge in [-0.3, -0.25) is 10.3 Å². The van der Waals surface area contributed by atoms with E-state index in [4.69, 9.17) is 5.84 Å². The van der Waals surface area contributed by atoms with Gasteiger partial charge in [0.25, 0.3) is 0 Å². The molecule has 3 N–H and O–H groups in total. The third-order valence-electron chi connectivity index (χ3n) is 2.04. The molecule has 0 radical (unpaired) electrons. The molecule has 0 unspecified atom stereocenters. The third kappa shape index (κ3) is 4.84. The summed E-state index contributed by atoms with van der Waals surface area (Å²) in [5.41, 5.74) is 2.30. The minimum Gasteiger partial charge on any atom is -0.298 e. The highest BCUT2D eigenvalue weighted by molar-refractivity contribution is 7.15. The zero-order valence-corrected chi connectivity index (χ0v) is 10.3. The highest BCUT2D eigenvalue weighted by Crippen LogP contribution is 2.22. The Morgan fingerprint density at radius 2 is 2.06 bits per heavy atom. The predicted octanol–water partition coefficient (Wildman–Crippen LogP) is 1.60. The summed E-state index contributed by atoms with van der Waals surface area (Å²) in [5, 5.41) is 8.31. The summed E-state index contributed by atoms with van der Waals surface area (Å²) in [4.78, 5) is 1.28. The first-order chi connectivity index (χ1) is 7.81. The fraction of sp³-hybridized carbons (Fsp3) is 0.750. The van der Waals surface area contributed by atoms with Gasteiger partial charge in [-0.1, -0.05) is 11.3 Å². The number of alkyl halides is 3. The van der Waals surface area contributed by atoms with Crippen molar-refractivity contribution in [1.82, 2.24) is 15.1 Å². The van der Waals surface area contributed by atoms with Crippen molar-refractivity contribution in [2.45, 2.75) is 32.6 Å². The van der Waals surface area contributed by atoms with E-state index in [0.29, 0.717) is 10.1 Å². The molecule has 1 aromatic heterocycles. The largest absolute Gasteiger partial charge is 0.401 e. The summed E-state index contributed by atoms with van der Waals surface area (Å²) in [6.45, 7) is 2.55. The predicted molar refractivity (Wildman–Crippen MR) is 59.3 cm³/mol. The lowest BCUT2D eigenvalue weighted by molar-refractivity contribution is -0.150. The number of nitrogens with two attached hydrogens (primary N) is 1. The van der Waals surface area contributed by atoms with Crippen LogP contribution in [0.5, 0.6) is 0 Å². The second kappa shape index (κ2) is 5.61. The van der Waals surface area contributed by atoms with Crippen LogP contribution in [-0.4, -0.2) is 33.9 Å². The van der Waals surface area contributed by atoms with E-state index in [1.54, 1.807) is 13.8 Å². The monoisotopic (exact) mass is 269 g/mol. The Balaban J connectivity index is 2.66. The number of nitrogen functional groups attached to an aromatic ring is 1. The summed E-state index contributed by atoms with van der Waals surface area (Å²) >= 11 is 1.14. The second-order valence-corrected chi connectivity index (χ2v) is 4.82. The van der Waals surface area contributed by atoms with Crippen LogP contribution in [0.25, 0.3) is 0 Å². The van der Waals surface area contributed by atoms with E-state index >= 15 is 0 Å². The number of hydrazine groups is 1. The molecule has 0 amide bonds. The van der Waals surface area contributed by atoms with Crippen LogP contribution in [0, 0.1) is 0 Å². The van der Waals surface area contributed by atoms with Crippen molar-refractivity contribution in [3.63, 3.8) is 0 Å². The molecule has 0 bridgehead atoms. The van der Waals surface area contributed by atoms with E-state index < -0.39 is 12.7 Å². The number of halogens is 3. The van der Waals surface area contributed by atoms with Gasteiger partial charge >= 0.3 is 6.18 Å². The van der Waals surface area contributed by atoms with E-state index in [-0.39, 0.29) is 12.6 Å². The molecule has 17 heavy (non-hydrogen) atoms. The minimum absolute atomic E-state index is 0.108. The van der Waals surface area contributed by atoms with Gasteiger partial charge in [-0.2, -0.15) is 13.2 Å². The molecule has 5 nitrogen and oxygen atoms in total. The van der Waals surface area contributed by atoms with E-state index in [1.165, 1.54) is 4.90 Å². The number of nitrogens with one attached hydrogen (secondary N) is 1. The molecular weight excluding hydrogens is 255 g/mol. The number of hydrogen-bond acceptors (Lipinski definition) is 6. The second-order valence-electron chi connectivity index (χ2n) is 3.76. The average Bonchev–Trinajstić information content (AvgIpc) is 2.62. The zero-order valence-electron chi connectivity index (χ0n) is 9.45. The van der Waals surface area contributed by atoms with Crippen molar-refractivity contribution < 1.29 is 13.2 Å². The van der Waals surface area contributed by atoms with Crippen LogP contribution in [-0.2, 0) is 6.54 Å². The lowest BCUT2D eigenvalue weighted by Crippen LogP contribution is -2.38. The Morgan fingerprint density at radius 3 is 2.47 bits per heavy atom. The Hall–Kier alpha value is -0.930. The molecule has 0 aromatic carbocycles. The highest BCUT2D eigenvalue weighted by atomic mass is 32.1. The minimum atomic E-state index is -4.22. The van der Waals surface area contributed by atoms with Crippen molar-refractivity contribution in [2.75, 3.05) is 12.0 Å². The molecule has 0 aliphatic carbocycles. The number of anilines is 1. The molecule has 0 atom stereocenters. The molecule has 0 aliphatic heterocycles. The molecule has 0 aliphatic rings. The van der Waals surface area contributed by atoms with Crippen molar-refractivity contribution in [2.24, 2.45) is 5.84 Å². The first kappa shape index (κ1) is 14.1. The molecular formula is C8H14F3N5S. The van der Waals surface area contributed by atoms with Gasteiger partial charge in [-0.15, -0.1) is 10.2 Å². The molecule has 0 saturated heterocycles.